The van der Waals surface area contributed by atoms with Crippen molar-refractivity contribution < 1.29 is 7.58 Å². The smallest absolute Gasteiger partial charge is 0.476 e. The molecule has 158 valence electrons. The van der Waals surface area contributed by atoms with Crippen LogP contribution >= 0.6 is 0 Å². The van der Waals surface area contributed by atoms with Crippen LogP contribution in [0.4, 0.5) is 0 Å². The molecule has 2 nitrogen and oxygen atoms in total. The van der Waals surface area contributed by atoms with E-state index < -0.39 is 14.8 Å². The van der Waals surface area contributed by atoms with E-state index in [0.717, 1.165) is 29.0 Å². The van der Waals surface area contributed by atoms with Gasteiger partial charge in [-0.3, -0.25) is 0 Å². The normalized spacial score (nSPS) is 35.2. The second kappa shape index (κ2) is 11.0. The molecule has 0 aromatic heterocycles. The molecule has 0 spiro atoms. The first-order valence-corrected chi connectivity index (χ1v) is 13.7. The van der Waals surface area contributed by atoms with E-state index in [1.807, 2.05) is 0 Å². The van der Waals surface area contributed by atoms with E-state index in [4.69, 9.17) is 7.58 Å². The molecule has 2 fully saturated rings. The standard InChI is InChI=1S/2C10H19O.C4H9.Al/c2*1-7(2)9-5-4-8(3)6-10(9)11;1-4(2)3;/h2*7-10H,4-6H2,1-3H3;4H,1H2,2-3H3;/q2*-1;;+2. The summed E-state index contributed by atoms with van der Waals surface area (Å²) < 4.78 is 13.9. The Kier molecular flexibility index (Phi) is 9.68. The SMILES string of the molecule is CC(C)[CH2][Al]([O]C1CC(C)CCC1C(C)C)[O]C1CC(C)CCC1C(C)C. The minimum Gasteiger partial charge on any atom is -0.476 e. The highest BCUT2D eigenvalue weighted by atomic mass is 27.2. The van der Waals surface area contributed by atoms with Crippen molar-refractivity contribution in [2.24, 2.45) is 41.4 Å². The largest absolute Gasteiger partial charge is 0.675 e. The van der Waals surface area contributed by atoms with Crippen molar-refractivity contribution >= 4 is 14.8 Å². The molecule has 0 aromatic carbocycles. The Labute approximate surface area is 175 Å². The Morgan fingerprint density at radius 3 is 1.44 bits per heavy atom. The zero-order valence-electron chi connectivity index (χ0n) is 19.5. The van der Waals surface area contributed by atoms with Crippen LogP contribution in [0.5, 0.6) is 0 Å². The maximum absolute atomic E-state index is 6.93. The molecule has 2 saturated carbocycles. The Morgan fingerprint density at radius 1 is 0.704 bits per heavy atom. The third kappa shape index (κ3) is 7.33. The van der Waals surface area contributed by atoms with Gasteiger partial charge >= 0.3 is 14.8 Å². The van der Waals surface area contributed by atoms with Crippen LogP contribution < -0.4 is 0 Å². The summed E-state index contributed by atoms with van der Waals surface area (Å²) in [5.41, 5.74) is 0. The van der Waals surface area contributed by atoms with Gasteiger partial charge in [0.25, 0.3) is 0 Å². The lowest BCUT2D eigenvalue weighted by atomic mass is 9.75. The molecule has 0 N–H and O–H groups in total. The first kappa shape index (κ1) is 23.7. The van der Waals surface area contributed by atoms with Crippen molar-refractivity contribution in [3.05, 3.63) is 0 Å². The average Bonchev–Trinajstić information content (AvgIpc) is 2.53. The lowest BCUT2D eigenvalue weighted by molar-refractivity contribution is -0.0156. The van der Waals surface area contributed by atoms with E-state index in [9.17, 15) is 0 Å². The third-order valence-corrected chi connectivity index (χ3v) is 9.87. The lowest BCUT2D eigenvalue weighted by Crippen LogP contribution is -2.44. The molecule has 0 amide bonds. The van der Waals surface area contributed by atoms with Crippen LogP contribution in [0.3, 0.4) is 0 Å². The van der Waals surface area contributed by atoms with E-state index >= 15 is 0 Å². The van der Waals surface area contributed by atoms with Crippen molar-refractivity contribution in [1.29, 1.82) is 0 Å². The van der Waals surface area contributed by atoms with Crippen molar-refractivity contribution in [2.45, 2.75) is 111 Å². The number of hydrogen-bond donors (Lipinski definition) is 0. The molecule has 6 unspecified atom stereocenters. The van der Waals surface area contributed by atoms with Gasteiger partial charge in [0.1, 0.15) is 0 Å². The van der Waals surface area contributed by atoms with Gasteiger partial charge in [0.15, 0.2) is 0 Å². The van der Waals surface area contributed by atoms with Crippen LogP contribution in [0.1, 0.15) is 93.9 Å². The monoisotopic (exact) mass is 394 g/mol. The molecule has 2 aliphatic rings. The van der Waals surface area contributed by atoms with E-state index in [-0.39, 0.29) is 0 Å². The zero-order chi connectivity index (χ0) is 20.1. The van der Waals surface area contributed by atoms with Crippen LogP contribution in [0.15, 0.2) is 0 Å². The molecule has 0 radical (unpaired) electrons. The second-order valence-electron chi connectivity index (χ2n) is 11.1. The molecule has 6 atom stereocenters. The molecule has 27 heavy (non-hydrogen) atoms. The summed E-state index contributed by atoms with van der Waals surface area (Å²) in [6, 6.07) is 0. The van der Waals surface area contributed by atoms with E-state index in [1.54, 1.807) is 0 Å². The maximum Gasteiger partial charge on any atom is 0.675 e. The molecule has 2 rings (SSSR count). The zero-order valence-corrected chi connectivity index (χ0v) is 20.7. The molecule has 3 heteroatoms. The fraction of sp³-hybridized carbons (Fsp3) is 1.00. The molecule has 0 aromatic rings. The van der Waals surface area contributed by atoms with Gasteiger partial charge in [0.05, 0.1) is 0 Å². The predicted octanol–water partition coefficient (Wildman–Crippen LogP) is 7.09. The Hall–Kier alpha value is 0.452. The summed E-state index contributed by atoms with van der Waals surface area (Å²) >= 11 is -1.65. The third-order valence-electron chi connectivity index (χ3n) is 7.24. The molecular formula is C24H47AlO2. The van der Waals surface area contributed by atoms with E-state index in [2.05, 4.69) is 55.4 Å². The topological polar surface area (TPSA) is 18.5 Å². The predicted molar refractivity (Wildman–Crippen MR) is 118 cm³/mol. The van der Waals surface area contributed by atoms with Crippen molar-refractivity contribution in [3.8, 4) is 0 Å². The summed E-state index contributed by atoms with van der Waals surface area (Å²) in [5, 5.41) is 1.16. The summed E-state index contributed by atoms with van der Waals surface area (Å²) in [5.74, 6) is 5.15. The quantitative estimate of drug-likeness (QED) is 0.409. The molecular weight excluding hydrogens is 347 g/mol. The first-order chi connectivity index (χ1) is 12.7. The molecule has 0 heterocycles. The highest BCUT2D eigenvalue weighted by Gasteiger charge is 2.41. The van der Waals surface area contributed by atoms with Gasteiger partial charge in [-0.05, 0) is 66.5 Å². The van der Waals surface area contributed by atoms with Crippen LogP contribution in [0.25, 0.3) is 0 Å². The highest BCUT2D eigenvalue weighted by molar-refractivity contribution is 6.44. The van der Waals surface area contributed by atoms with Gasteiger partial charge in [-0.2, -0.15) is 0 Å². The number of hydrogen-bond acceptors (Lipinski definition) is 2. The van der Waals surface area contributed by atoms with Crippen molar-refractivity contribution in [1.82, 2.24) is 0 Å². The second-order valence-corrected chi connectivity index (χ2v) is 12.9. The summed E-state index contributed by atoms with van der Waals surface area (Å²) in [7, 11) is 0. The molecule has 0 bridgehead atoms. The van der Waals surface area contributed by atoms with Gasteiger partial charge in [-0.1, -0.05) is 74.1 Å². The van der Waals surface area contributed by atoms with Gasteiger partial charge in [-0.25, -0.2) is 0 Å². The van der Waals surface area contributed by atoms with Gasteiger partial charge < -0.3 is 7.58 Å². The molecule has 0 saturated heterocycles. The average molecular weight is 395 g/mol. The van der Waals surface area contributed by atoms with Crippen LogP contribution in [0.2, 0.25) is 5.28 Å². The molecule has 0 aliphatic heterocycles. The first-order valence-electron chi connectivity index (χ1n) is 12.0. The summed E-state index contributed by atoms with van der Waals surface area (Å²) in [6.45, 7) is 19.0. The van der Waals surface area contributed by atoms with Gasteiger partial charge in [-0.15, -0.1) is 0 Å². The fourth-order valence-corrected chi connectivity index (χ4v) is 7.92. The van der Waals surface area contributed by atoms with Crippen LogP contribution in [-0.4, -0.2) is 27.0 Å². The maximum atomic E-state index is 6.93. The highest BCUT2D eigenvalue weighted by Crippen LogP contribution is 2.39. The minimum atomic E-state index is -1.65. The van der Waals surface area contributed by atoms with Crippen molar-refractivity contribution in [3.63, 3.8) is 0 Å². The Morgan fingerprint density at radius 2 is 1.11 bits per heavy atom. The van der Waals surface area contributed by atoms with Gasteiger partial charge in [0, 0.05) is 12.2 Å². The summed E-state index contributed by atoms with van der Waals surface area (Å²) in [4.78, 5) is 0. The van der Waals surface area contributed by atoms with Crippen LogP contribution in [0, 0.1) is 41.4 Å². The lowest BCUT2D eigenvalue weighted by Gasteiger charge is -2.42. The summed E-state index contributed by atoms with van der Waals surface area (Å²) in [6.07, 6.45) is 8.75. The fourth-order valence-electron chi connectivity index (χ4n) is 5.46. The van der Waals surface area contributed by atoms with E-state index in [1.165, 1.54) is 38.5 Å². The minimum absolute atomic E-state index is 0.433. The van der Waals surface area contributed by atoms with Crippen LogP contribution in [-0.2, 0) is 7.58 Å². The Bertz CT molecular complexity index is 389. The van der Waals surface area contributed by atoms with E-state index in [0.29, 0.717) is 30.0 Å². The van der Waals surface area contributed by atoms with Crippen molar-refractivity contribution in [2.75, 3.05) is 0 Å². The van der Waals surface area contributed by atoms with Gasteiger partial charge in [0.2, 0.25) is 0 Å². The Balaban J connectivity index is 2.08. The number of rotatable bonds is 8. The molecule has 2 aliphatic carbocycles.